The van der Waals surface area contributed by atoms with E-state index in [1.54, 1.807) is 0 Å². The van der Waals surface area contributed by atoms with Gasteiger partial charge in [-0.15, -0.1) is 16.7 Å². The van der Waals surface area contributed by atoms with Gasteiger partial charge in [0.05, 0.1) is 5.69 Å². The van der Waals surface area contributed by atoms with Gasteiger partial charge in [0, 0.05) is 38.6 Å². The van der Waals surface area contributed by atoms with Gasteiger partial charge in [-0.05, 0) is 17.5 Å². The second-order valence-corrected chi connectivity index (χ2v) is 6.10. The van der Waals surface area contributed by atoms with Gasteiger partial charge in [0.25, 0.3) is 5.91 Å². The van der Waals surface area contributed by atoms with E-state index in [-0.39, 0.29) is 11.8 Å². The highest BCUT2D eigenvalue weighted by Gasteiger charge is 2.26. The summed E-state index contributed by atoms with van der Waals surface area (Å²) in [7, 11) is 0. The minimum atomic E-state index is 0.0734. The van der Waals surface area contributed by atoms with Crippen LogP contribution in [0.1, 0.15) is 35.1 Å². The zero-order valence-corrected chi connectivity index (χ0v) is 12.9. The Morgan fingerprint density at radius 1 is 1.37 bits per heavy atom. The Hall–Kier alpha value is -0.720. The molecule has 0 radical (unpaired) electrons. The monoisotopic (exact) mass is 302 g/mol. The molecule has 1 fully saturated rings. The summed E-state index contributed by atoms with van der Waals surface area (Å²) in [5.74, 6) is 0.948. The van der Waals surface area contributed by atoms with Crippen LogP contribution in [0.4, 0.5) is 0 Å². The summed E-state index contributed by atoms with van der Waals surface area (Å²) in [6.07, 6.45) is 0. The van der Waals surface area contributed by atoms with Crippen LogP contribution < -0.4 is 0 Å². The smallest absolute Gasteiger partial charge is 0.267 e. The average molecular weight is 303 g/mol. The molecule has 0 N–H and O–H groups in total. The summed E-state index contributed by atoms with van der Waals surface area (Å²) >= 11 is 6.94. The maximum Gasteiger partial charge on any atom is 0.267 e. The first-order valence-corrected chi connectivity index (χ1v) is 7.84. The molecule has 0 atom stereocenters. The van der Waals surface area contributed by atoms with E-state index in [1.807, 2.05) is 18.7 Å². The quantitative estimate of drug-likeness (QED) is 0.794. The minimum absolute atomic E-state index is 0.0734. The molecule has 0 unspecified atom stereocenters. The van der Waals surface area contributed by atoms with Crippen molar-refractivity contribution in [3.05, 3.63) is 10.6 Å². The van der Waals surface area contributed by atoms with Crippen LogP contribution in [0.15, 0.2) is 0 Å². The third kappa shape index (κ3) is 3.43. The molecule has 1 aliphatic heterocycles. The molecular formula is C12H19ClN4OS. The van der Waals surface area contributed by atoms with E-state index in [0.717, 1.165) is 38.4 Å². The van der Waals surface area contributed by atoms with Gasteiger partial charge in [-0.25, -0.2) is 0 Å². The minimum Gasteiger partial charge on any atom is -0.335 e. The Labute approximate surface area is 122 Å². The number of hydrogen-bond donors (Lipinski definition) is 0. The zero-order chi connectivity index (χ0) is 13.8. The van der Waals surface area contributed by atoms with Crippen LogP contribution in [0.25, 0.3) is 0 Å². The number of aromatic nitrogens is 2. The average Bonchev–Trinajstić information content (AvgIpc) is 2.88. The first-order valence-electron chi connectivity index (χ1n) is 6.53. The summed E-state index contributed by atoms with van der Waals surface area (Å²) in [5, 5.41) is 4.07. The van der Waals surface area contributed by atoms with E-state index in [4.69, 9.17) is 11.6 Å². The molecular weight excluding hydrogens is 284 g/mol. The van der Waals surface area contributed by atoms with Crippen molar-refractivity contribution in [2.24, 2.45) is 0 Å². The fourth-order valence-corrected chi connectivity index (χ4v) is 3.19. The van der Waals surface area contributed by atoms with Gasteiger partial charge in [0.1, 0.15) is 4.88 Å². The van der Waals surface area contributed by atoms with Crippen molar-refractivity contribution in [3.8, 4) is 0 Å². The van der Waals surface area contributed by atoms with Gasteiger partial charge in [-0.1, -0.05) is 18.3 Å². The van der Waals surface area contributed by atoms with Crippen molar-refractivity contribution < 1.29 is 4.79 Å². The molecule has 5 nitrogen and oxygen atoms in total. The summed E-state index contributed by atoms with van der Waals surface area (Å²) in [6, 6.07) is 0. The lowest BCUT2D eigenvalue weighted by Gasteiger charge is -2.34. The van der Waals surface area contributed by atoms with E-state index in [1.165, 1.54) is 11.5 Å². The second-order valence-electron chi connectivity index (χ2n) is 4.96. The number of piperazine rings is 1. The molecule has 2 rings (SSSR count). The van der Waals surface area contributed by atoms with Gasteiger partial charge in [0.2, 0.25) is 0 Å². The maximum atomic E-state index is 12.5. The summed E-state index contributed by atoms with van der Waals surface area (Å²) in [6.45, 7) is 8.25. The fraction of sp³-hybridized carbons (Fsp3) is 0.750. The van der Waals surface area contributed by atoms with E-state index in [9.17, 15) is 4.79 Å². The lowest BCUT2D eigenvalue weighted by atomic mass is 10.1. The number of carbonyl (C=O) groups excluding carboxylic acids is 1. The number of carbonyl (C=O) groups is 1. The summed E-state index contributed by atoms with van der Waals surface area (Å²) < 4.78 is 3.92. The van der Waals surface area contributed by atoms with Crippen LogP contribution in [0.3, 0.4) is 0 Å². The largest absolute Gasteiger partial charge is 0.335 e. The number of hydrogen-bond acceptors (Lipinski definition) is 5. The van der Waals surface area contributed by atoms with Crippen molar-refractivity contribution in [3.63, 3.8) is 0 Å². The molecule has 1 aliphatic rings. The lowest BCUT2D eigenvalue weighted by Crippen LogP contribution is -2.49. The predicted molar refractivity (Wildman–Crippen MR) is 77.1 cm³/mol. The molecule has 106 valence electrons. The first kappa shape index (κ1) is 14.7. The highest BCUT2D eigenvalue weighted by Crippen LogP contribution is 2.21. The third-order valence-electron chi connectivity index (χ3n) is 3.31. The number of halogens is 1. The molecule has 1 aromatic rings. The Morgan fingerprint density at radius 3 is 2.63 bits per heavy atom. The van der Waals surface area contributed by atoms with Crippen LogP contribution in [0.5, 0.6) is 0 Å². The maximum absolute atomic E-state index is 12.5. The predicted octanol–water partition coefficient (Wildman–Crippen LogP) is 1.66. The van der Waals surface area contributed by atoms with Crippen LogP contribution in [0.2, 0.25) is 0 Å². The van der Waals surface area contributed by atoms with Crippen molar-refractivity contribution in [1.29, 1.82) is 0 Å². The summed E-state index contributed by atoms with van der Waals surface area (Å²) in [4.78, 5) is 17.3. The van der Waals surface area contributed by atoms with Crippen molar-refractivity contribution in [2.75, 3.05) is 38.6 Å². The van der Waals surface area contributed by atoms with Gasteiger partial charge >= 0.3 is 0 Å². The molecule has 19 heavy (non-hydrogen) atoms. The Morgan fingerprint density at radius 2 is 2.05 bits per heavy atom. The second kappa shape index (κ2) is 6.63. The zero-order valence-electron chi connectivity index (χ0n) is 11.3. The molecule has 1 aromatic heterocycles. The van der Waals surface area contributed by atoms with E-state index >= 15 is 0 Å². The molecule has 0 spiro atoms. The molecule has 0 aromatic carbocycles. The van der Waals surface area contributed by atoms with Crippen LogP contribution >= 0.6 is 23.1 Å². The van der Waals surface area contributed by atoms with Gasteiger partial charge < -0.3 is 4.90 Å². The molecule has 1 amide bonds. The number of nitrogens with zero attached hydrogens (tertiary/aromatic N) is 4. The van der Waals surface area contributed by atoms with Crippen molar-refractivity contribution in [2.45, 2.75) is 19.8 Å². The topological polar surface area (TPSA) is 49.3 Å². The van der Waals surface area contributed by atoms with Crippen molar-refractivity contribution >= 4 is 29.0 Å². The SMILES string of the molecule is CC(C)c1nnsc1C(=O)N1CCN(CCCl)CC1. The standard InChI is InChI=1S/C12H19ClN4OS/c1-9(2)10-11(19-15-14-10)12(18)17-7-5-16(4-3-13)6-8-17/h9H,3-8H2,1-2H3. The van der Waals surface area contributed by atoms with Gasteiger partial charge in [0.15, 0.2) is 0 Å². The number of amides is 1. The Kier molecular flexibility index (Phi) is 5.13. The Balaban J connectivity index is 1.99. The van der Waals surface area contributed by atoms with Crippen LogP contribution in [0, 0.1) is 0 Å². The third-order valence-corrected chi connectivity index (χ3v) is 4.21. The molecule has 1 saturated heterocycles. The van der Waals surface area contributed by atoms with E-state index < -0.39 is 0 Å². The molecule has 0 bridgehead atoms. The number of alkyl halides is 1. The summed E-state index contributed by atoms with van der Waals surface area (Å²) in [5.41, 5.74) is 0.818. The van der Waals surface area contributed by atoms with E-state index in [2.05, 4.69) is 14.5 Å². The Bertz CT molecular complexity index is 429. The van der Waals surface area contributed by atoms with E-state index in [0.29, 0.717) is 10.8 Å². The van der Waals surface area contributed by atoms with Crippen molar-refractivity contribution in [1.82, 2.24) is 19.4 Å². The van der Waals surface area contributed by atoms with Crippen LogP contribution in [-0.4, -0.2) is 63.9 Å². The highest BCUT2D eigenvalue weighted by atomic mass is 35.5. The number of rotatable bonds is 4. The van der Waals surface area contributed by atoms with Crippen LogP contribution in [-0.2, 0) is 0 Å². The highest BCUT2D eigenvalue weighted by molar-refractivity contribution is 7.08. The molecule has 0 saturated carbocycles. The van der Waals surface area contributed by atoms with Gasteiger partial charge in [-0.3, -0.25) is 9.69 Å². The fourth-order valence-electron chi connectivity index (χ4n) is 2.16. The molecule has 0 aliphatic carbocycles. The lowest BCUT2D eigenvalue weighted by molar-refractivity contribution is 0.0647. The first-order chi connectivity index (χ1) is 9.13. The molecule has 7 heteroatoms. The normalized spacial score (nSPS) is 17.2. The molecule has 2 heterocycles. The van der Waals surface area contributed by atoms with Gasteiger partial charge in [-0.2, -0.15) is 0 Å².